The second-order valence-corrected chi connectivity index (χ2v) is 3.86. The number of aromatic nitrogens is 1. The lowest BCUT2D eigenvalue weighted by molar-refractivity contribution is 0.0549. The third-order valence-corrected chi connectivity index (χ3v) is 2.74. The number of pyridine rings is 1. The summed E-state index contributed by atoms with van der Waals surface area (Å²) < 4.78 is 31.5. The molecular formula is C10H11ClF2N2O. The van der Waals surface area contributed by atoms with E-state index in [0.29, 0.717) is 25.6 Å². The van der Waals surface area contributed by atoms with Crippen LogP contribution in [-0.2, 0) is 4.74 Å². The van der Waals surface area contributed by atoms with Crippen molar-refractivity contribution in [2.75, 3.05) is 30.5 Å². The van der Waals surface area contributed by atoms with E-state index in [-0.39, 0.29) is 11.9 Å². The number of hydrogen-bond acceptors (Lipinski definition) is 3. The van der Waals surface area contributed by atoms with Gasteiger partial charge in [0.15, 0.2) is 11.6 Å². The Morgan fingerprint density at radius 2 is 2.38 bits per heavy atom. The highest BCUT2D eigenvalue weighted by Gasteiger charge is 2.23. The van der Waals surface area contributed by atoms with Crippen LogP contribution in [0.2, 0.25) is 0 Å². The van der Waals surface area contributed by atoms with Crippen molar-refractivity contribution >= 4 is 17.4 Å². The zero-order valence-corrected chi connectivity index (χ0v) is 9.25. The van der Waals surface area contributed by atoms with E-state index in [2.05, 4.69) is 4.98 Å². The van der Waals surface area contributed by atoms with E-state index in [1.165, 1.54) is 0 Å². The fraction of sp³-hybridized carbons (Fsp3) is 0.500. The van der Waals surface area contributed by atoms with Gasteiger partial charge in [0.1, 0.15) is 5.82 Å². The Kier molecular flexibility index (Phi) is 3.56. The van der Waals surface area contributed by atoms with Gasteiger partial charge in [0.25, 0.3) is 0 Å². The maximum Gasteiger partial charge on any atom is 0.168 e. The molecule has 0 amide bonds. The van der Waals surface area contributed by atoms with Gasteiger partial charge >= 0.3 is 0 Å². The lowest BCUT2D eigenvalue weighted by Crippen LogP contribution is -2.44. The zero-order chi connectivity index (χ0) is 11.5. The number of halogens is 3. The fourth-order valence-electron chi connectivity index (χ4n) is 1.65. The standard InChI is InChI=1S/C10H11ClF2N2O/c11-4-8-6-15(1-2-16-8)10-9(13)3-7(12)5-14-10/h3,5,8H,1-2,4,6H2. The third kappa shape index (κ3) is 2.41. The number of anilines is 1. The fourth-order valence-corrected chi connectivity index (χ4v) is 1.83. The van der Waals surface area contributed by atoms with Crippen LogP contribution in [0.3, 0.4) is 0 Å². The Morgan fingerprint density at radius 1 is 1.56 bits per heavy atom. The molecule has 1 aromatic rings. The predicted octanol–water partition coefficient (Wildman–Crippen LogP) is 1.80. The van der Waals surface area contributed by atoms with Gasteiger partial charge in [0.2, 0.25) is 0 Å². The molecule has 1 saturated heterocycles. The van der Waals surface area contributed by atoms with Crippen molar-refractivity contribution in [1.82, 2.24) is 4.98 Å². The second-order valence-electron chi connectivity index (χ2n) is 3.55. The van der Waals surface area contributed by atoms with Crippen molar-refractivity contribution in [3.05, 3.63) is 23.9 Å². The molecule has 0 bridgehead atoms. The van der Waals surface area contributed by atoms with Crippen LogP contribution in [0, 0.1) is 11.6 Å². The molecule has 1 aliphatic rings. The molecule has 0 aliphatic carbocycles. The summed E-state index contributed by atoms with van der Waals surface area (Å²) in [6.45, 7) is 1.47. The van der Waals surface area contributed by atoms with Gasteiger partial charge in [0, 0.05) is 19.2 Å². The topological polar surface area (TPSA) is 25.4 Å². The van der Waals surface area contributed by atoms with E-state index in [4.69, 9.17) is 16.3 Å². The summed E-state index contributed by atoms with van der Waals surface area (Å²) in [7, 11) is 0. The van der Waals surface area contributed by atoms with Gasteiger partial charge in [-0.1, -0.05) is 0 Å². The highest BCUT2D eigenvalue weighted by atomic mass is 35.5. The van der Waals surface area contributed by atoms with E-state index >= 15 is 0 Å². The quantitative estimate of drug-likeness (QED) is 0.747. The number of rotatable bonds is 2. The molecule has 0 N–H and O–H groups in total. The van der Waals surface area contributed by atoms with E-state index in [0.717, 1.165) is 12.3 Å². The maximum atomic E-state index is 13.4. The first-order valence-corrected chi connectivity index (χ1v) is 5.47. The summed E-state index contributed by atoms with van der Waals surface area (Å²) >= 11 is 5.67. The Labute approximate surface area is 97.0 Å². The van der Waals surface area contributed by atoms with Crippen molar-refractivity contribution in [3.8, 4) is 0 Å². The lowest BCUT2D eigenvalue weighted by Gasteiger charge is -2.32. The molecule has 2 rings (SSSR count). The van der Waals surface area contributed by atoms with Crippen LogP contribution >= 0.6 is 11.6 Å². The minimum absolute atomic E-state index is 0.137. The summed E-state index contributed by atoms with van der Waals surface area (Å²) in [5.41, 5.74) is 0. The van der Waals surface area contributed by atoms with Gasteiger partial charge in [-0.3, -0.25) is 0 Å². The first-order valence-electron chi connectivity index (χ1n) is 4.94. The van der Waals surface area contributed by atoms with Gasteiger partial charge in [-0.05, 0) is 0 Å². The molecule has 0 aromatic carbocycles. The molecule has 1 aliphatic heterocycles. The summed E-state index contributed by atoms with van der Waals surface area (Å²) in [5.74, 6) is -0.835. The van der Waals surface area contributed by atoms with Crippen LogP contribution in [0.25, 0.3) is 0 Å². The minimum atomic E-state index is -0.677. The van der Waals surface area contributed by atoms with Crippen LogP contribution in [0.15, 0.2) is 12.3 Å². The normalized spacial score (nSPS) is 21.2. The lowest BCUT2D eigenvalue weighted by atomic mass is 10.3. The number of morpholine rings is 1. The predicted molar refractivity (Wildman–Crippen MR) is 56.8 cm³/mol. The Balaban J connectivity index is 2.16. The molecule has 1 unspecified atom stereocenters. The Bertz CT molecular complexity index is 378. The highest BCUT2D eigenvalue weighted by Crippen LogP contribution is 2.19. The SMILES string of the molecule is Fc1cnc(N2CCOC(CCl)C2)c(F)c1. The zero-order valence-electron chi connectivity index (χ0n) is 8.50. The van der Waals surface area contributed by atoms with Crippen molar-refractivity contribution in [2.24, 2.45) is 0 Å². The molecule has 1 fully saturated rings. The van der Waals surface area contributed by atoms with E-state index in [9.17, 15) is 8.78 Å². The molecule has 1 atom stereocenters. The van der Waals surface area contributed by atoms with Crippen LogP contribution in [0.1, 0.15) is 0 Å². The summed E-state index contributed by atoms with van der Waals surface area (Å²) in [4.78, 5) is 5.46. The van der Waals surface area contributed by atoms with Crippen LogP contribution in [-0.4, -0.2) is 36.7 Å². The first kappa shape index (κ1) is 11.5. The molecule has 2 heterocycles. The van der Waals surface area contributed by atoms with Gasteiger partial charge in [-0.15, -0.1) is 11.6 Å². The summed E-state index contributed by atoms with van der Waals surface area (Å²) in [5, 5.41) is 0. The maximum absolute atomic E-state index is 13.4. The summed E-state index contributed by atoms with van der Waals surface area (Å²) in [6, 6.07) is 0.827. The third-order valence-electron chi connectivity index (χ3n) is 2.40. The molecule has 0 saturated carbocycles. The van der Waals surface area contributed by atoms with E-state index in [1.807, 2.05) is 0 Å². The Morgan fingerprint density at radius 3 is 3.06 bits per heavy atom. The van der Waals surface area contributed by atoms with Gasteiger partial charge < -0.3 is 9.64 Å². The van der Waals surface area contributed by atoms with E-state index in [1.54, 1.807) is 4.90 Å². The monoisotopic (exact) mass is 248 g/mol. The van der Waals surface area contributed by atoms with Crippen molar-refractivity contribution in [1.29, 1.82) is 0 Å². The van der Waals surface area contributed by atoms with Crippen LogP contribution in [0.4, 0.5) is 14.6 Å². The average Bonchev–Trinajstić information content (AvgIpc) is 2.29. The highest BCUT2D eigenvalue weighted by molar-refractivity contribution is 6.18. The second kappa shape index (κ2) is 4.93. The summed E-state index contributed by atoms with van der Waals surface area (Å²) in [6.07, 6.45) is 0.866. The first-order chi connectivity index (χ1) is 7.70. The average molecular weight is 249 g/mol. The molecule has 3 nitrogen and oxygen atoms in total. The molecular weight excluding hydrogens is 238 g/mol. The smallest absolute Gasteiger partial charge is 0.168 e. The number of ether oxygens (including phenoxy) is 1. The van der Waals surface area contributed by atoms with Crippen molar-refractivity contribution in [2.45, 2.75) is 6.10 Å². The molecule has 0 spiro atoms. The van der Waals surface area contributed by atoms with Crippen LogP contribution in [0.5, 0.6) is 0 Å². The number of alkyl halides is 1. The minimum Gasteiger partial charge on any atom is -0.373 e. The van der Waals surface area contributed by atoms with Gasteiger partial charge in [-0.2, -0.15) is 0 Å². The molecule has 16 heavy (non-hydrogen) atoms. The molecule has 1 aromatic heterocycles. The molecule has 88 valence electrons. The van der Waals surface area contributed by atoms with Crippen molar-refractivity contribution in [3.63, 3.8) is 0 Å². The number of hydrogen-bond donors (Lipinski definition) is 0. The number of nitrogens with zero attached hydrogens (tertiary/aromatic N) is 2. The van der Waals surface area contributed by atoms with Crippen LogP contribution < -0.4 is 4.90 Å². The van der Waals surface area contributed by atoms with Crippen molar-refractivity contribution < 1.29 is 13.5 Å². The van der Waals surface area contributed by atoms with Gasteiger partial charge in [0.05, 0.1) is 24.8 Å². The molecule has 0 radical (unpaired) electrons. The Hall–Kier alpha value is -0.940. The largest absolute Gasteiger partial charge is 0.373 e. The molecule has 6 heteroatoms. The van der Waals surface area contributed by atoms with E-state index < -0.39 is 11.6 Å². The van der Waals surface area contributed by atoms with Gasteiger partial charge in [-0.25, -0.2) is 13.8 Å².